The van der Waals surface area contributed by atoms with Crippen molar-refractivity contribution in [2.75, 3.05) is 18.4 Å². The molecule has 6 heteroatoms. The van der Waals surface area contributed by atoms with Crippen molar-refractivity contribution in [1.82, 2.24) is 4.90 Å². The van der Waals surface area contributed by atoms with Crippen molar-refractivity contribution >= 4 is 11.6 Å². The number of halogens is 3. The predicted molar refractivity (Wildman–Crippen MR) is 78.9 cm³/mol. The third-order valence-corrected chi connectivity index (χ3v) is 4.12. The number of nitrogens with one attached hydrogen (secondary N) is 1. The van der Waals surface area contributed by atoms with E-state index in [0.29, 0.717) is 11.8 Å². The van der Waals surface area contributed by atoms with Crippen LogP contribution in [0.1, 0.15) is 27.2 Å². The summed E-state index contributed by atoms with van der Waals surface area (Å²) in [5.41, 5.74) is -0.339. The van der Waals surface area contributed by atoms with Crippen molar-refractivity contribution < 1.29 is 18.0 Å². The molecule has 3 atom stereocenters. The maximum absolute atomic E-state index is 13.6. The fraction of sp³-hybridized carbons (Fsp3) is 0.562. The molecule has 0 saturated carbocycles. The minimum atomic E-state index is -1.58. The Labute approximate surface area is 128 Å². The number of likely N-dealkylation sites (tertiary alicyclic amines) is 1. The van der Waals surface area contributed by atoms with Crippen LogP contribution in [0.4, 0.5) is 18.9 Å². The minimum Gasteiger partial charge on any atom is -0.322 e. The third-order valence-electron chi connectivity index (χ3n) is 4.12. The largest absolute Gasteiger partial charge is 0.322 e. The summed E-state index contributed by atoms with van der Waals surface area (Å²) < 4.78 is 39.7. The zero-order valence-electron chi connectivity index (χ0n) is 13.0. The number of nitrogens with zero attached hydrogens (tertiary/aromatic N) is 1. The standard InChI is InChI=1S/C16H21F3N2O/c1-9-6-10(2)8-21(7-9)11(3)16(22)20-13-5-4-12(17)14(18)15(13)19/h4-5,9-11H,6-8H2,1-3H3,(H,20,22)/t9-,10+,11-/m0/s1. The highest BCUT2D eigenvalue weighted by molar-refractivity contribution is 5.94. The van der Waals surface area contributed by atoms with Gasteiger partial charge in [-0.25, -0.2) is 13.2 Å². The zero-order chi connectivity index (χ0) is 16.4. The van der Waals surface area contributed by atoms with Gasteiger partial charge in [0.25, 0.3) is 0 Å². The van der Waals surface area contributed by atoms with Crippen LogP contribution in [0.15, 0.2) is 12.1 Å². The maximum atomic E-state index is 13.6. The molecule has 1 N–H and O–H groups in total. The smallest absolute Gasteiger partial charge is 0.241 e. The van der Waals surface area contributed by atoms with Crippen molar-refractivity contribution in [3.05, 3.63) is 29.6 Å². The Morgan fingerprint density at radius 2 is 1.77 bits per heavy atom. The summed E-state index contributed by atoms with van der Waals surface area (Å²) in [4.78, 5) is 14.3. The van der Waals surface area contributed by atoms with Gasteiger partial charge in [-0.05, 0) is 37.3 Å². The molecule has 1 amide bonds. The minimum absolute atomic E-state index is 0.339. The number of carbonyl (C=O) groups excluding carboxylic acids is 1. The highest BCUT2D eigenvalue weighted by atomic mass is 19.2. The van der Waals surface area contributed by atoms with Crippen LogP contribution in [0, 0.1) is 29.3 Å². The van der Waals surface area contributed by atoms with Crippen molar-refractivity contribution in [1.29, 1.82) is 0 Å². The predicted octanol–water partition coefficient (Wildman–Crippen LogP) is 3.41. The molecule has 3 nitrogen and oxygen atoms in total. The van der Waals surface area contributed by atoms with E-state index in [1.54, 1.807) is 6.92 Å². The molecule has 1 aliphatic heterocycles. The van der Waals surface area contributed by atoms with Crippen LogP contribution in [-0.2, 0) is 4.79 Å². The molecule has 0 aliphatic carbocycles. The molecule has 0 radical (unpaired) electrons. The van der Waals surface area contributed by atoms with Gasteiger partial charge in [-0.3, -0.25) is 9.69 Å². The second-order valence-electron chi connectivity index (χ2n) is 6.29. The van der Waals surface area contributed by atoms with Gasteiger partial charge in [0.2, 0.25) is 5.91 Å². The molecule has 122 valence electrons. The lowest BCUT2D eigenvalue weighted by molar-refractivity contribution is -0.121. The molecule has 22 heavy (non-hydrogen) atoms. The molecule has 0 spiro atoms. The Bertz CT molecular complexity index is 555. The number of piperidine rings is 1. The number of amides is 1. The average molecular weight is 314 g/mol. The molecule has 0 unspecified atom stereocenters. The number of carbonyl (C=O) groups is 1. The van der Waals surface area contributed by atoms with Crippen molar-refractivity contribution in [2.45, 2.75) is 33.2 Å². The topological polar surface area (TPSA) is 32.3 Å². The second-order valence-corrected chi connectivity index (χ2v) is 6.29. The first-order chi connectivity index (χ1) is 10.3. The van der Waals surface area contributed by atoms with E-state index in [9.17, 15) is 18.0 Å². The molecule has 1 fully saturated rings. The van der Waals surface area contributed by atoms with Crippen LogP contribution < -0.4 is 5.32 Å². The van der Waals surface area contributed by atoms with Crippen molar-refractivity contribution in [3.63, 3.8) is 0 Å². The number of anilines is 1. The number of hydrogen-bond acceptors (Lipinski definition) is 2. The molecule has 0 aromatic heterocycles. The summed E-state index contributed by atoms with van der Waals surface area (Å²) in [5, 5.41) is 2.34. The first-order valence-corrected chi connectivity index (χ1v) is 7.48. The fourth-order valence-corrected chi connectivity index (χ4v) is 3.05. The number of hydrogen-bond donors (Lipinski definition) is 1. The maximum Gasteiger partial charge on any atom is 0.241 e. The van der Waals surface area contributed by atoms with Crippen LogP contribution in [0.25, 0.3) is 0 Å². The van der Waals surface area contributed by atoms with Gasteiger partial charge in [-0.15, -0.1) is 0 Å². The highest BCUT2D eigenvalue weighted by Gasteiger charge is 2.29. The lowest BCUT2D eigenvalue weighted by Gasteiger charge is -2.38. The molecule has 0 bridgehead atoms. The van der Waals surface area contributed by atoms with E-state index in [2.05, 4.69) is 19.2 Å². The number of benzene rings is 1. The molecular weight excluding hydrogens is 293 g/mol. The van der Waals surface area contributed by atoms with Crippen LogP contribution >= 0.6 is 0 Å². The highest BCUT2D eigenvalue weighted by Crippen LogP contribution is 2.24. The van der Waals surface area contributed by atoms with E-state index in [1.165, 1.54) is 0 Å². The molecule has 1 heterocycles. The third kappa shape index (κ3) is 3.61. The van der Waals surface area contributed by atoms with E-state index in [-0.39, 0.29) is 5.69 Å². The Kier molecular flexibility index (Phi) is 5.11. The van der Waals surface area contributed by atoms with E-state index in [0.717, 1.165) is 31.6 Å². The van der Waals surface area contributed by atoms with Gasteiger partial charge in [0.1, 0.15) is 0 Å². The van der Waals surface area contributed by atoms with Gasteiger partial charge in [0, 0.05) is 13.1 Å². The summed E-state index contributed by atoms with van der Waals surface area (Å²) in [7, 11) is 0. The molecule has 2 rings (SSSR count). The van der Waals surface area contributed by atoms with Gasteiger partial charge in [0.05, 0.1) is 11.7 Å². The summed E-state index contributed by atoms with van der Waals surface area (Å²) in [6.07, 6.45) is 1.11. The van der Waals surface area contributed by atoms with Crippen LogP contribution in [0.3, 0.4) is 0 Å². The van der Waals surface area contributed by atoms with Gasteiger partial charge in [-0.1, -0.05) is 13.8 Å². The quantitative estimate of drug-likeness (QED) is 0.867. The molecule has 1 saturated heterocycles. The van der Waals surface area contributed by atoms with Gasteiger partial charge in [-0.2, -0.15) is 0 Å². The van der Waals surface area contributed by atoms with Crippen molar-refractivity contribution in [2.24, 2.45) is 11.8 Å². The van der Waals surface area contributed by atoms with E-state index < -0.39 is 29.4 Å². The molecule has 1 aromatic carbocycles. The van der Waals surface area contributed by atoms with Crippen molar-refractivity contribution in [3.8, 4) is 0 Å². The fourth-order valence-electron chi connectivity index (χ4n) is 3.05. The van der Waals surface area contributed by atoms with Crippen LogP contribution in [0.5, 0.6) is 0 Å². The lowest BCUT2D eigenvalue weighted by Crippen LogP contribution is -2.48. The van der Waals surface area contributed by atoms with E-state index in [1.807, 2.05) is 4.90 Å². The van der Waals surface area contributed by atoms with Gasteiger partial charge < -0.3 is 5.32 Å². The normalized spacial score (nSPS) is 24.1. The Morgan fingerprint density at radius 1 is 1.18 bits per heavy atom. The molecule has 1 aliphatic rings. The first kappa shape index (κ1) is 16.8. The Balaban J connectivity index is 2.07. The van der Waals surface area contributed by atoms with Crippen LogP contribution in [0.2, 0.25) is 0 Å². The zero-order valence-corrected chi connectivity index (χ0v) is 13.0. The summed E-state index contributed by atoms with van der Waals surface area (Å²) in [6.45, 7) is 7.57. The van der Waals surface area contributed by atoms with Gasteiger partial charge >= 0.3 is 0 Å². The summed E-state index contributed by atoms with van der Waals surface area (Å²) in [5.74, 6) is -3.68. The summed E-state index contributed by atoms with van der Waals surface area (Å²) >= 11 is 0. The first-order valence-electron chi connectivity index (χ1n) is 7.48. The Hall–Kier alpha value is -1.56. The second kappa shape index (κ2) is 6.69. The SMILES string of the molecule is C[C@@H]1C[C@H](C)CN([C@@H](C)C(=O)Nc2ccc(F)c(F)c2F)C1. The summed E-state index contributed by atoms with van der Waals surface area (Å²) in [6, 6.07) is 1.36. The molecule has 1 aromatic rings. The van der Waals surface area contributed by atoms with E-state index in [4.69, 9.17) is 0 Å². The lowest BCUT2D eigenvalue weighted by atomic mass is 9.91. The van der Waals surface area contributed by atoms with Gasteiger partial charge in [0.15, 0.2) is 17.5 Å². The number of rotatable bonds is 3. The Morgan fingerprint density at radius 3 is 2.36 bits per heavy atom. The van der Waals surface area contributed by atoms with E-state index >= 15 is 0 Å². The van der Waals surface area contributed by atoms with Crippen LogP contribution in [-0.4, -0.2) is 29.9 Å². The monoisotopic (exact) mass is 314 g/mol. The average Bonchev–Trinajstić information content (AvgIpc) is 2.46. The molecular formula is C16H21F3N2O.